The van der Waals surface area contributed by atoms with E-state index in [9.17, 15) is 0 Å². The van der Waals surface area contributed by atoms with Gasteiger partial charge in [-0.05, 0) is 59.5 Å². The third-order valence-electron chi connectivity index (χ3n) is 5.11. The summed E-state index contributed by atoms with van der Waals surface area (Å²) in [5, 5.41) is 6.62. The molecule has 0 amide bonds. The molecule has 0 aromatic heterocycles. The van der Waals surface area contributed by atoms with Crippen LogP contribution in [0.1, 0.15) is 50.8 Å². The van der Waals surface area contributed by atoms with Crippen molar-refractivity contribution < 1.29 is 0 Å². The molecule has 0 bridgehead atoms. The molecule has 112 valence electrons. The van der Waals surface area contributed by atoms with Gasteiger partial charge in [0.2, 0.25) is 0 Å². The Hall–Kier alpha value is -1.34. The first-order valence-corrected chi connectivity index (χ1v) is 8.26. The molecule has 2 aromatic carbocycles. The summed E-state index contributed by atoms with van der Waals surface area (Å²) in [6.07, 6.45) is 2.52. The van der Waals surface area contributed by atoms with E-state index in [2.05, 4.69) is 69.4 Å². The third-order valence-corrected chi connectivity index (χ3v) is 5.11. The van der Waals surface area contributed by atoms with Gasteiger partial charge in [-0.15, -0.1) is 0 Å². The topological polar surface area (TPSA) is 12.0 Å². The Balaban J connectivity index is 2.08. The van der Waals surface area contributed by atoms with Crippen LogP contribution in [0.15, 0.2) is 36.4 Å². The van der Waals surface area contributed by atoms with Crippen LogP contribution in [-0.2, 0) is 0 Å². The summed E-state index contributed by atoms with van der Waals surface area (Å²) < 4.78 is 0. The molecule has 3 rings (SSSR count). The molecule has 0 heterocycles. The molecular weight excluding hydrogens is 254 g/mol. The fourth-order valence-corrected chi connectivity index (χ4v) is 3.64. The van der Waals surface area contributed by atoms with E-state index in [1.807, 2.05) is 0 Å². The van der Waals surface area contributed by atoms with Gasteiger partial charge in [0.05, 0.1) is 0 Å². The van der Waals surface area contributed by atoms with Crippen molar-refractivity contribution >= 4 is 10.8 Å². The van der Waals surface area contributed by atoms with Gasteiger partial charge < -0.3 is 5.32 Å². The normalized spacial score (nSPS) is 21.4. The van der Waals surface area contributed by atoms with Crippen molar-refractivity contribution in [1.29, 1.82) is 0 Å². The van der Waals surface area contributed by atoms with E-state index in [4.69, 9.17) is 0 Å². The maximum absolute atomic E-state index is 3.84. The lowest BCUT2D eigenvalue weighted by molar-refractivity contribution is 0.417. The quantitative estimate of drug-likeness (QED) is 0.790. The average Bonchev–Trinajstić information content (AvgIpc) is 3.10. The number of benzene rings is 2. The largest absolute Gasteiger partial charge is 0.310 e. The average molecular weight is 281 g/mol. The Morgan fingerprint density at radius 2 is 1.90 bits per heavy atom. The Morgan fingerprint density at radius 3 is 2.57 bits per heavy atom. The van der Waals surface area contributed by atoms with Gasteiger partial charge in [-0.25, -0.2) is 0 Å². The van der Waals surface area contributed by atoms with E-state index >= 15 is 0 Å². The summed E-state index contributed by atoms with van der Waals surface area (Å²) in [7, 11) is 0. The molecule has 1 N–H and O–H groups in total. The van der Waals surface area contributed by atoms with Crippen LogP contribution in [0.5, 0.6) is 0 Å². The molecule has 1 heteroatoms. The fraction of sp³-hybridized carbons (Fsp3) is 0.500. The summed E-state index contributed by atoms with van der Waals surface area (Å²) in [5.74, 6) is 0.758. The molecule has 1 nitrogen and oxygen atoms in total. The van der Waals surface area contributed by atoms with Crippen LogP contribution in [0.3, 0.4) is 0 Å². The van der Waals surface area contributed by atoms with E-state index < -0.39 is 0 Å². The number of rotatable bonds is 5. The summed E-state index contributed by atoms with van der Waals surface area (Å²) in [6.45, 7) is 10.4. The molecule has 0 saturated heterocycles. The zero-order valence-electron chi connectivity index (χ0n) is 13.7. The third kappa shape index (κ3) is 2.72. The predicted octanol–water partition coefficient (Wildman–Crippen LogP) is 5.24. The molecule has 1 saturated carbocycles. The van der Waals surface area contributed by atoms with Gasteiger partial charge in [0.15, 0.2) is 0 Å². The standard InChI is InChI=1S/C20H27N/c1-5-12-21-19(17-13-20(17,3)4)18-14(2)10-11-15-8-6-7-9-16(15)18/h6-11,17,19,21H,5,12-13H2,1-4H3. The number of fused-ring (bicyclic) bond motifs is 1. The second kappa shape index (κ2) is 5.46. The first-order chi connectivity index (χ1) is 10.0. The van der Waals surface area contributed by atoms with Gasteiger partial charge in [-0.2, -0.15) is 0 Å². The molecule has 1 aliphatic carbocycles. The van der Waals surface area contributed by atoms with Crippen LogP contribution in [0, 0.1) is 18.3 Å². The van der Waals surface area contributed by atoms with Crippen molar-refractivity contribution in [2.75, 3.05) is 6.54 Å². The lowest BCUT2D eigenvalue weighted by atomic mass is 9.89. The van der Waals surface area contributed by atoms with Crippen molar-refractivity contribution in [2.45, 2.75) is 46.6 Å². The predicted molar refractivity (Wildman–Crippen MR) is 91.6 cm³/mol. The van der Waals surface area contributed by atoms with Crippen molar-refractivity contribution in [3.05, 3.63) is 47.5 Å². The lowest BCUT2D eigenvalue weighted by Crippen LogP contribution is -2.26. The minimum atomic E-state index is 0.481. The van der Waals surface area contributed by atoms with Crippen molar-refractivity contribution in [3.8, 4) is 0 Å². The summed E-state index contributed by atoms with van der Waals surface area (Å²) in [4.78, 5) is 0. The second-order valence-corrected chi connectivity index (χ2v) is 7.25. The van der Waals surface area contributed by atoms with Gasteiger partial charge >= 0.3 is 0 Å². The first-order valence-electron chi connectivity index (χ1n) is 8.26. The molecule has 0 radical (unpaired) electrons. The molecule has 2 unspecified atom stereocenters. The first kappa shape index (κ1) is 14.6. The maximum atomic E-state index is 3.84. The molecule has 0 aliphatic heterocycles. The molecule has 2 atom stereocenters. The summed E-state index contributed by atoms with van der Waals surface area (Å²) >= 11 is 0. The van der Waals surface area contributed by atoms with E-state index in [1.165, 1.54) is 34.7 Å². The zero-order valence-corrected chi connectivity index (χ0v) is 13.7. The van der Waals surface area contributed by atoms with Crippen molar-refractivity contribution in [1.82, 2.24) is 5.32 Å². The zero-order chi connectivity index (χ0) is 15.0. The van der Waals surface area contributed by atoms with Gasteiger partial charge in [0.25, 0.3) is 0 Å². The van der Waals surface area contributed by atoms with Crippen LogP contribution >= 0.6 is 0 Å². The Labute approximate surface area is 128 Å². The number of aryl methyl sites for hydroxylation is 1. The molecular formula is C20H27N. The molecule has 1 fully saturated rings. The Kier molecular flexibility index (Phi) is 3.79. The highest BCUT2D eigenvalue weighted by atomic mass is 14.9. The van der Waals surface area contributed by atoms with E-state index in [0.717, 1.165) is 12.5 Å². The lowest BCUT2D eigenvalue weighted by Gasteiger charge is -2.24. The van der Waals surface area contributed by atoms with Gasteiger partial charge in [-0.1, -0.05) is 57.2 Å². The van der Waals surface area contributed by atoms with E-state index in [0.29, 0.717) is 11.5 Å². The van der Waals surface area contributed by atoms with Crippen LogP contribution in [0.25, 0.3) is 10.8 Å². The summed E-state index contributed by atoms with van der Waals surface area (Å²) in [5.41, 5.74) is 3.43. The van der Waals surface area contributed by atoms with Crippen molar-refractivity contribution in [3.63, 3.8) is 0 Å². The highest BCUT2D eigenvalue weighted by molar-refractivity contribution is 5.87. The maximum Gasteiger partial charge on any atom is 0.0362 e. The van der Waals surface area contributed by atoms with Crippen LogP contribution in [0.2, 0.25) is 0 Å². The number of hydrogen-bond acceptors (Lipinski definition) is 1. The van der Waals surface area contributed by atoms with Crippen LogP contribution in [0.4, 0.5) is 0 Å². The molecule has 21 heavy (non-hydrogen) atoms. The Morgan fingerprint density at radius 1 is 1.19 bits per heavy atom. The SMILES string of the molecule is CCCNC(c1c(C)ccc2ccccc12)C1CC1(C)C. The van der Waals surface area contributed by atoms with E-state index in [1.54, 1.807) is 0 Å². The highest BCUT2D eigenvalue weighted by Crippen LogP contribution is 2.58. The van der Waals surface area contributed by atoms with Gasteiger partial charge in [0.1, 0.15) is 0 Å². The smallest absolute Gasteiger partial charge is 0.0362 e. The van der Waals surface area contributed by atoms with Crippen LogP contribution < -0.4 is 5.32 Å². The van der Waals surface area contributed by atoms with Crippen LogP contribution in [-0.4, -0.2) is 6.54 Å². The van der Waals surface area contributed by atoms with Gasteiger partial charge in [-0.3, -0.25) is 0 Å². The van der Waals surface area contributed by atoms with Gasteiger partial charge in [0, 0.05) is 6.04 Å². The monoisotopic (exact) mass is 281 g/mol. The number of nitrogens with one attached hydrogen (secondary N) is 1. The van der Waals surface area contributed by atoms with Crippen molar-refractivity contribution in [2.24, 2.45) is 11.3 Å². The van der Waals surface area contributed by atoms with E-state index in [-0.39, 0.29) is 0 Å². The minimum absolute atomic E-state index is 0.481. The minimum Gasteiger partial charge on any atom is -0.310 e. The summed E-state index contributed by atoms with van der Waals surface area (Å²) in [6, 6.07) is 13.8. The fourth-order valence-electron chi connectivity index (χ4n) is 3.64. The highest BCUT2D eigenvalue weighted by Gasteiger charge is 2.50. The molecule has 0 spiro atoms. The molecule has 2 aromatic rings. The second-order valence-electron chi connectivity index (χ2n) is 7.25. The number of hydrogen-bond donors (Lipinski definition) is 1. The Bertz CT molecular complexity index is 641. The molecule has 1 aliphatic rings.